The second kappa shape index (κ2) is 5.25. The van der Waals surface area contributed by atoms with Gasteiger partial charge in [0.1, 0.15) is 6.07 Å². The highest BCUT2D eigenvalue weighted by molar-refractivity contribution is 5.61. The molecular weight excluding hydrogens is 232 g/mol. The molecule has 1 fully saturated rings. The second-order valence-electron chi connectivity index (χ2n) is 7.04. The van der Waals surface area contributed by atoms with Crippen LogP contribution in [-0.4, -0.2) is 13.1 Å². The third kappa shape index (κ3) is 3.50. The van der Waals surface area contributed by atoms with Crippen molar-refractivity contribution in [3.8, 4) is 6.07 Å². The quantitative estimate of drug-likeness (QED) is 0.800. The summed E-state index contributed by atoms with van der Waals surface area (Å²) >= 11 is 0. The number of benzene rings is 1. The first-order valence-corrected chi connectivity index (χ1v) is 7.17. The highest BCUT2D eigenvalue weighted by atomic mass is 15.1. The Kier molecular flexibility index (Phi) is 3.85. The Labute approximate surface area is 117 Å². The zero-order valence-corrected chi connectivity index (χ0v) is 12.5. The highest BCUT2D eigenvalue weighted by Gasteiger charge is 2.21. The van der Waals surface area contributed by atoms with Gasteiger partial charge in [-0.1, -0.05) is 33.8 Å². The molecule has 1 unspecified atom stereocenters. The van der Waals surface area contributed by atoms with E-state index in [1.165, 1.54) is 12.0 Å². The van der Waals surface area contributed by atoms with Crippen molar-refractivity contribution in [1.29, 1.82) is 5.26 Å². The van der Waals surface area contributed by atoms with E-state index in [4.69, 9.17) is 0 Å². The molecule has 1 aliphatic rings. The van der Waals surface area contributed by atoms with Crippen LogP contribution in [0.2, 0.25) is 0 Å². The summed E-state index contributed by atoms with van der Waals surface area (Å²) < 4.78 is 0. The fraction of sp³-hybridized carbons (Fsp3) is 0.588. The number of rotatable bonds is 2. The Balaban J connectivity index is 2.25. The lowest BCUT2D eigenvalue weighted by atomic mass is 9.87. The third-order valence-corrected chi connectivity index (χ3v) is 3.68. The van der Waals surface area contributed by atoms with E-state index in [9.17, 15) is 5.26 Å². The molecule has 0 spiro atoms. The van der Waals surface area contributed by atoms with Crippen molar-refractivity contribution in [2.45, 2.75) is 40.5 Å². The van der Waals surface area contributed by atoms with Crippen LogP contribution in [0, 0.1) is 22.7 Å². The van der Waals surface area contributed by atoms with Crippen molar-refractivity contribution in [1.82, 2.24) is 0 Å². The van der Waals surface area contributed by atoms with Crippen molar-refractivity contribution >= 4 is 5.69 Å². The van der Waals surface area contributed by atoms with Gasteiger partial charge in [-0.15, -0.1) is 0 Å². The Morgan fingerprint density at radius 2 is 2.11 bits per heavy atom. The molecule has 0 aliphatic carbocycles. The second-order valence-corrected chi connectivity index (χ2v) is 7.04. The molecule has 1 aromatic rings. The Bertz CT molecular complexity index is 491. The van der Waals surface area contributed by atoms with E-state index in [1.54, 1.807) is 0 Å². The van der Waals surface area contributed by atoms with Gasteiger partial charge in [-0.05, 0) is 41.9 Å². The van der Waals surface area contributed by atoms with Crippen LogP contribution in [0.5, 0.6) is 0 Å². The number of anilines is 1. The van der Waals surface area contributed by atoms with Crippen molar-refractivity contribution < 1.29 is 0 Å². The van der Waals surface area contributed by atoms with Crippen LogP contribution >= 0.6 is 0 Å². The van der Waals surface area contributed by atoms with E-state index < -0.39 is 0 Å². The van der Waals surface area contributed by atoms with Crippen LogP contribution in [0.25, 0.3) is 0 Å². The van der Waals surface area contributed by atoms with Crippen molar-refractivity contribution in [2.75, 3.05) is 18.0 Å². The van der Waals surface area contributed by atoms with Crippen LogP contribution in [0.1, 0.15) is 45.2 Å². The van der Waals surface area contributed by atoms with E-state index in [0.717, 1.165) is 36.7 Å². The van der Waals surface area contributed by atoms with E-state index in [1.807, 2.05) is 0 Å². The zero-order valence-electron chi connectivity index (χ0n) is 12.5. The van der Waals surface area contributed by atoms with Crippen molar-refractivity contribution in [3.63, 3.8) is 0 Å². The van der Waals surface area contributed by atoms with Gasteiger partial charge in [-0.25, -0.2) is 0 Å². The van der Waals surface area contributed by atoms with Gasteiger partial charge in [0, 0.05) is 13.1 Å². The summed E-state index contributed by atoms with van der Waals surface area (Å²) in [5.41, 5.74) is 3.47. The van der Waals surface area contributed by atoms with Crippen molar-refractivity contribution in [3.05, 3.63) is 29.3 Å². The molecule has 102 valence electrons. The summed E-state index contributed by atoms with van der Waals surface area (Å²) in [6, 6.07) is 8.77. The summed E-state index contributed by atoms with van der Waals surface area (Å²) in [6.07, 6.45) is 2.24. The Hall–Kier alpha value is -1.49. The first-order valence-electron chi connectivity index (χ1n) is 7.17. The lowest BCUT2D eigenvalue weighted by molar-refractivity contribution is 0.411. The minimum Gasteiger partial charge on any atom is -0.370 e. The van der Waals surface area contributed by atoms with E-state index in [-0.39, 0.29) is 5.41 Å². The van der Waals surface area contributed by atoms with E-state index in [2.05, 4.69) is 56.9 Å². The molecule has 0 aromatic heterocycles. The summed E-state index contributed by atoms with van der Waals surface area (Å²) in [5.74, 6) is 0.737. The van der Waals surface area contributed by atoms with Crippen LogP contribution in [0.4, 0.5) is 5.69 Å². The largest absolute Gasteiger partial charge is 0.370 e. The predicted molar refractivity (Wildman–Crippen MR) is 80.3 cm³/mol. The minimum atomic E-state index is 0.260. The minimum absolute atomic E-state index is 0.260. The summed E-state index contributed by atoms with van der Waals surface area (Å²) in [7, 11) is 0. The average Bonchev–Trinajstić information content (AvgIpc) is 2.73. The molecule has 2 rings (SSSR count). The number of nitrogens with zero attached hydrogens (tertiary/aromatic N) is 2. The van der Waals surface area contributed by atoms with Gasteiger partial charge in [0.25, 0.3) is 0 Å². The van der Waals surface area contributed by atoms with Crippen LogP contribution in [-0.2, 0) is 6.42 Å². The molecule has 1 heterocycles. The Morgan fingerprint density at radius 3 is 2.63 bits per heavy atom. The first-order chi connectivity index (χ1) is 8.89. The maximum absolute atomic E-state index is 9.39. The maximum Gasteiger partial charge on any atom is 0.101 e. The molecule has 0 amide bonds. The van der Waals surface area contributed by atoms with Crippen molar-refractivity contribution in [2.24, 2.45) is 11.3 Å². The van der Waals surface area contributed by atoms with Gasteiger partial charge in [0.05, 0.1) is 11.3 Å². The summed E-state index contributed by atoms with van der Waals surface area (Å²) in [4.78, 5) is 2.35. The summed E-state index contributed by atoms with van der Waals surface area (Å²) in [6.45, 7) is 11.1. The van der Waals surface area contributed by atoms with Gasteiger partial charge in [-0.3, -0.25) is 0 Å². The number of nitriles is 1. The van der Waals surface area contributed by atoms with Gasteiger partial charge in [-0.2, -0.15) is 5.26 Å². The third-order valence-electron chi connectivity index (χ3n) is 3.68. The molecule has 1 saturated heterocycles. The average molecular weight is 256 g/mol. The SMILES string of the molecule is CC1CCN(c2ccc(CC(C)(C)C)cc2C#N)C1. The molecule has 1 atom stereocenters. The smallest absolute Gasteiger partial charge is 0.101 e. The van der Waals surface area contributed by atoms with E-state index in [0.29, 0.717) is 0 Å². The molecule has 2 heteroatoms. The normalized spacial score (nSPS) is 19.5. The molecule has 0 saturated carbocycles. The van der Waals surface area contributed by atoms with Gasteiger partial charge in [0.2, 0.25) is 0 Å². The molecule has 1 aromatic carbocycles. The monoisotopic (exact) mass is 256 g/mol. The standard InChI is InChI=1S/C17H24N2/c1-13-7-8-19(12-13)16-6-5-14(9-15(16)11-18)10-17(2,3)4/h5-6,9,13H,7-8,10,12H2,1-4H3. The van der Waals surface area contributed by atoms with Crippen LogP contribution < -0.4 is 4.90 Å². The van der Waals surface area contributed by atoms with Gasteiger partial charge < -0.3 is 4.90 Å². The first kappa shape index (κ1) is 13.9. The molecule has 0 N–H and O–H groups in total. The van der Waals surface area contributed by atoms with Gasteiger partial charge in [0.15, 0.2) is 0 Å². The molecule has 0 radical (unpaired) electrons. The fourth-order valence-electron chi connectivity index (χ4n) is 2.82. The lowest BCUT2D eigenvalue weighted by Crippen LogP contribution is -2.20. The van der Waals surface area contributed by atoms with Gasteiger partial charge >= 0.3 is 0 Å². The zero-order chi connectivity index (χ0) is 14.0. The summed E-state index contributed by atoms with van der Waals surface area (Å²) in [5, 5.41) is 9.39. The van der Waals surface area contributed by atoms with Crippen LogP contribution in [0.3, 0.4) is 0 Å². The van der Waals surface area contributed by atoms with Crippen LogP contribution in [0.15, 0.2) is 18.2 Å². The predicted octanol–water partition coefficient (Wildman–Crippen LogP) is 3.99. The van der Waals surface area contributed by atoms with E-state index >= 15 is 0 Å². The topological polar surface area (TPSA) is 27.0 Å². The maximum atomic E-state index is 9.39. The highest BCUT2D eigenvalue weighted by Crippen LogP contribution is 2.29. The molecule has 19 heavy (non-hydrogen) atoms. The fourth-order valence-corrected chi connectivity index (χ4v) is 2.82. The number of hydrogen-bond donors (Lipinski definition) is 0. The Morgan fingerprint density at radius 1 is 1.37 bits per heavy atom. The molecule has 2 nitrogen and oxygen atoms in total. The number of hydrogen-bond acceptors (Lipinski definition) is 2. The molecule has 1 aliphatic heterocycles. The lowest BCUT2D eigenvalue weighted by Gasteiger charge is -2.22. The molecular formula is C17H24N2. The molecule has 0 bridgehead atoms.